The second-order valence-corrected chi connectivity index (χ2v) is 3.33. The fourth-order valence-corrected chi connectivity index (χ4v) is 1.29. The van der Waals surface area contributed by atoms with Crippen molar-refractivity contribution >= 4 is 0 Å². The Hall–Kier alpha value is -1.30. The van der Waals surface area contributed by atoms with Crippen LogP contribution in [0.3, 0.4) is 0 Å². The fourth-order valence-electron chi connectivity index (χ4n) is 1.29. The van der Waals surface area contributed by atoms with Gasteiger partial charge in [0, 0.05) is 25.1 Å². The van der Waals surface area contributed by atoms with Gasteiger partial charge in [0.05, 0.1) is 0 Å². The van der Waals surface area contributed by atoms with Crippen LogP contribution in [0, 0.1) is 11.8 Å². The Morgan fingerprint density at radius 3 is 3.00 bits per heavy atom. The predicted molar refractivity (Wildman–Crippen MR) is 62.7 cm³/mol. The van der Waals surface area contributed by atoms with Crippen LogP contribution in [0.15, 0.2) is 24.3 Å². The van der Waals surface area contributed by atoms with E-state index >= 15 is 0 Å². The number of aliphatic hydroxyl groups is 1. The highest BCUT2D eigenvalue weighted by atomic mass is 16.2. The first-order valence-electron chi connectivity index (χ1n) is 5.20. The Balaban J connectivity index is 2.59. The maximum Gasteiger partial charge on any atom is 0.0471 e. The third-order valence-corrected chi connectivity index (χ3v) is 2.06. The van der Waals surface area contributed by atoms with Crippen LogP contribution in [0.25, 0.3) is 0 Å². The molecule has 0 radical (unpaired) electrons. The predicted octanol–water partition coefficient (Wildman–Crippen LogP) is 1.18. The first-order chi connectivity index (χ1) is 7.36. The van der Waals surface area contributed by atoms with Gasteiger partial charge in [-0.3, -0.25) is 0 Å². The monoisotopic (exact) mass is 203 g/mol. The molecule has 0 aliphatic rings. The van der Waals surface area contributed by atoms with Crippen molar-refractivity contribution < 1.29 is 5.11 Å². The van der Waals surface area contributed by atoms with Crippen molar-refractivity contribution in [3.63, 3.8) is 0 Å². The highest BCUT2D eigenvalue weighted by Gasteiger charge is 1.92. The average Bonchev–Trinajstić information content (AvgIpc) is 2.26. The second kappa shape index (κ2) is 7.05. The van der Waals surface area contributed by atoms with Gasteiger partial charge in [-0.1, -0.05) is 24.0 Å². The fraction of sp³-hybridized carbons (Fsp3) is 0.385. The third-order valence-electron chi connectivity index (χ3n) is 2.06. The lowest BCUT2D eigenvalue weighted by Gasteiger charge is -1.98. The zero-order valence-electron chi connectivity index (χ0n) is 9.09. The summed E-state index contributed by atoms with van der Waals surface area (Å²) in [6.07, 6.45) is 1.56. The van der Waals surface area contributed by atoms with Crippen molar-refractivity contribution in [1.82, 2.24) is 5.32 Å². The maximum absolute atomic E-state index is 8.81. The van der Waals surface area contributed by atoms with E-state index in [0.717, 1.165) is 24.1 Å². The van der Waals surface area contributed by atoms with E-state index < -0.39 is 0 Å². The summed E-state index contributed by atoms with van der Waals surface area (Å²) in [7, 11) is 1.92. The number of benzene rings is 1. The number of aliphatic hydroxyl groups excluding tert-OH is 1. The minimum atomic E-state index is 0.191. The Morgan fingerprint density at radius 1 is 1.40 bits per heavy atom. The lowest BCUT2D eigenvalue weighted by Crippen LogP contribution is -2.05. The minimum Gasteiger partial charge on any atom is -0.396 e. The topological polar surface area (TPSA) is 32.3 Å². The quantitative estimate of drug-likeness (QED) is 0.569. The SMILES string of the molecule is CNCCC#Cc1cccc(CCO)c1. The molecule has 0 aliphatic carbocycles. The minimum absolute atomic E-state index is 0.191. The second-order valence-electron chi connectivity index (χ2n) is 3.33. The number of hydrogen-bond acceptors (Lipinski definition) is 2. The number of hydrogen-bond donors (Lipinski definition) is 2. The van der Waals surface area contributed by atoms with Crippen LogP contribution in [-0.2, 0) is 6.42 Å². The van der Waals surface area contributed by atoms with E-state index in [4.69, 9.17) is 5.11 Å². The summed E-state index contributed by atoms with van der Waals surface area (Å²) in [5.74, 6) is 6.20. The molecule has 80 valence electrons. The molecular formula is C13H17NO. The van der Waals surface area contributed by atoms with E-state index in [-0.39, 0.29) is 6.61 Å². The van der Waals surface area contributed by atoms with Crippen LogP contribution in [0.1, 0.15) is 17.5 Å². The largest absolute Gasteiger partial charge is 0.396 e. The van der Waals surface area contributed by atoms with Gasteiger partial charge in [-0.25, -0.2) is 0 Å². The van der Waals surface area contributed by atoms with Crippen LogP contribution in [0.4, 0.5) is 0 Å². The third kappa shape index (κ3) is 4.64. The van der Waals surface area contributed by atoms with E-state index in [9.17, 15) is 0 Å². The summed E-state index contributed by atoms with van der Waals surface area (Å²) in [5, 5.41) is 11.9. The highest BCUT2D eigenvalue weighted by molar-refractivity contribution is 5.37. The van der Waals surface area contributed by atoms with Gasteiger partial charge in [0.25, 0.3) is 0 Å². The summed E-state index contributed by atoms with van der Waals surface area (Å²) in [4.78, 5) is 0. The molecule has 15 heavy (non-hydrogen) atoms. The van der Waals surface area contributed by atoms with Crippen LogP contribution in [0.5, 0.6) is 0 Å². The molecule has 0 aliphatic heterocycles. The zero-order valence-corrected chi connectivity index (χ0v) is 9.09. The highest BCUT2D eigenvalue weighted by Crippen LogP contribution is 2.04. The molecule has 0 atom stereocenters. The Kier molecular flexibility index (Phi) is 5.54. The molecule has 0 heterocycles. The maximum atomic E-state index is 8.81. The molecule has 0 unspecified atom stereocenters. The smallest absolute Gasteiger partial charge is 0.0471 e. The number of rotatable bonds is 4. The van der Waals surface area contributed by atoms with Crippen LogP contribution >= 0.6 is 0 Å². The van der Waals surface area contributed by atoms with Gasteiger partial charge < -0.3 is 10.4 Å². The normalized spacial score (nSPS) is 9.47. The van der Waals surface area contributed by atoms with E-state index in [1.54, 1.807) is 0 Å². The lowest BCUT2D eigenvalue weighted by molar-refractivity contribution is 0.299. The molecule has 1 aromatic rings. The molecule has 2 heteroatoms. The molecule has 2 nitrogen and oxygen atoms in total. The average molecular weight is 203 g/mol. The summed E-state index contributed by atoms with van der Waals surface area (Å²) >= 11 is 0. The van der Waals surface area contributed by atoms with Gasteiger partial charge in [-0.2, -0.15) is 0 Å². The molecular weight excluding hydrogens is 186 g/mol. The summed E-state index contributed by atoms with van der Waals surface area (Å²) in [6.45, 7) is 1.11. The first kappa shape index (κ1) is 11.8. The van der Waals surface area contributed by atoms with Gasteiger partial charge in [0.15, 0.2) is 0 Å². The van der Waals surface area contributed by atoms with Crippen LogP contribution in [-0.4, -0.2) is 25.3 Å². The zero-order chi connectivity index (χ0) is 10.9. The molecule has 0 bridgehead atoms. The first-order valence-corrected chi connectivity index (χ1v) is 5.20. The molecule has 0 aromatic heterocycles. The van der Waals surface area contributed by atoms with Crippen molar-refractivity contribution in [2.75, 3.05) is 20.2 Å². The molecule has 1 aromatic carbocycles. The summed E-state index contributed by atoms with van der Waals surface area (Å²) < 4.78 is 0. The standard InChI is InChI=1S/C13H17NO/c1-14-9-3-2-5-12-6-4-7-13(11-12)8-10-15/h4,6-7,11,14-15H,3,8-10H2,1H3. The lowest BCUT2D eigenvalue weighted by atomic mass is 10.1. The molecule has 0 saturated carbocycles. The van der Waals surface area contributed by atoms with Gasteiger partial charge in [-0.05, 0) is 31.2 Å². The van der Waals surface area contributed by atoms with E-state index in [1.165, 1.54) is 0 Å². The molecule has 1 rings (SSSR count). The van der Waals surface area contributed by atoms with E-state index in [1.807, 2.05) is 31.3 Å². The molecule has 0 saturated heterocycles. The van der Waals surface area contributed by atoms with Crippen LogP contribution < -0.4 is 5.32 Å². The molecule has 0 amide bonds. The van der Waals surface area contributed by atoms with Crippen LogP contribution in [0.2, 0.25) is 0 Å². The molecule has 0 spiro atoms. The van der Waals surface area contributed by atoms with Gasteiger partial charge in [-0.15, -0.1) is 0 Å². The van der Waals surface area contributed by atoms with Crippen molar-refractivity contribution in [3.05, 3.63) is 35.4 Å². The van der Waals surface area contributed by atoms with Gasteiger partial charge in [0.2, 0.25) is 0 Å². The van der Waals surface area contributed by atoms with Gasteiger partial charge >= 0.3 is 0 Å². The summed E-state index contributed by atoms with van der Waals surface area (Å²) in [5.41, 5.74) is 2.16. The van der Waals surface area contributed by atoms with Gasteiger partial charge in [0.1, 0.15) is 0 Å². The van der Waals surface area contributed by atoms with Crippen molar-refractivity contribution in [1.29, 1.82) is 0 Å². The molecule has 2 N–H and O–H groups in total. The molecule has 0 fully saturated rings. The van der Waals surface area contributed by atoms with Crippen molar-refractivity contribution in [3.8, 4) is 11.8 Å². The Bertz CT molecular complexity index is 349. The Morgan fingerprint density at radius 2 is 2.27 bits per heavy atom. The van der Waals surface area contributed by atoms with Crippen molar-refractivity contribution in [2.24, 2.45) is 0 Å². The summed E-state index contributed by atoms with van der Waals surface area (Å²) in [6, 6.07) is 8.01. The van der Waals surface area contributed by atoms with Crippen molar-refractivity contribution in [2.45, 2.75) is 12.8 Å². The van der Waals surface area contributed by atoms with E-state index in [2.05, 4.69) is 17.2 Å². The number of nitrogens with one attached hydrogen (secondary N) is 1. The van der Waals surface area contributed by atoms with E-state index in [0.29, 0.717) is 6.42 Å². The Labute approximate surface area is 91.3 Å².